The van der Waals surface area contributed by atoms with Crippen molar-refractivity contribution in [3.05, 3.63) is 23.8 Å². The third-order valence-corrected chi connectivity index (χ3v) is 5.96. The van der Waals surface area contributed by atoms with Crippen LogP contribution in [0.2, 0.25) is 0 Å². The Hall–Kier alpha value is -1.60. The first kappa shape index (κ1) is 19.7. The minimum absolute atomic E-state index is 0.0114. The fourth-order valence-electron chi connectivity index (χ4n) is 3.02. The third-order valence-electron chi connectivity index (χ3n) is 4.40. The average molecular weight is 368 g/mol. The van der Waals surface area contributed by atoms with Crippen molar-refractivity contribution in [2.75, 3.05) is 11.9 Å². The van der Waals surface area contributed by atoms with Gasteiger partial charge in [-0.15, -0.1) is 0 Å². The Morgan fingerprint density at radius 1 is 1.20 bits per heavy atom. The van der Waals surface area contributed by atoms with E-state index >= 15 is 0 Å². The average Bonchev–Trinajstić information content (AvgIpc) is 2.80. The van der Waals surface area contributed by atoms with Crippen LogP contribution in [0.1, 0.15) is 62.7 Å². The van der Waals surface area contributed by atoms with E-state index in [-0.39, 0.29) is 16.5 Å². The molecule has 6 nitrogen and oxygen atoms in total. The highest BCUT2D eigenvalue weighted by molar-refractivity contribution is 7.89. The van der Waals surface area contributed by atoms with Gasteiger partial charge in [0.05, 0.1) is 11.3 Å². The quantitative estimate of drug-likeness (QED) is 0.641. The second-order valence-electron chi connectivity index (χ2n) is 7.10. The molecule has 1 fully saturated rings. The fraction of sp³-hybridized carbons (Fsp3) is 0.611. The normalized spacial score (nSPS) is 16.6. The predicted molar refractivity (Wildman–Crippen MR) is 98.5 cm³/mol. The van der Waals surface area contributed by atoms with Gasteiger partial charge in [0.1, 0.15) is 4.90 Å². The summed E-state index contributed by atoms with van der Waals surface area (Å²) in [5.41, 5.74) is 0.413. The van der Waals surface area contributed by atoms with Crippen molar-refractivity contribution in [1.29, 1.82) is 0 Å². The molecule has 3 N–H and O–H groups in total. The van der Waals surface area contributed by atoms with E-state index in [1.54, 1.807) is 0 Å². The summed E-state index contributed by atoms with van der Waals surface area (Å²) < 4.78 is 28.6. The second kappa shape index (κ2) is 8.67. The Balaban J connectivity index is 2.31. The lowest BCUT2D eigenvalue weighted by Gasteiger charge is -2.19. The second-order valence-corrected chi connectivity index (χ2v) is 8.78. The zero-order valence-electron chi connectivity index (χ0n) is 14.9. The van der Waals surface area contributed by atoms with E-state index in [2.05, 4.69) is 10.0 Å². The molecule has 1 saturated carbocycles. The molecule has 0 aliphatic heterocycles. The van der Waals surface area contributed by atoms with Gasteiger partial charge in [-0.3, -0.25) is 0 Å². The molecule has 140 valence electrons. The number of hydrogen-bond donors (Lipinski definition) is 3. The van der Waals surface area contributed by atoms with Gasteiger partial charge in [0.2, 0.25) is 10.0 Å². The lowest BCUT2D eigenvalue weighted by Crippen LogP contribution is -2.35. The van der Waals surface area contributed by atoms with E-state index in [4.69, 9.17) is 0 Å². The minimum atomic E-state index is -3.79. The van der Waals surface area contributed by atoms with Crippen LogP contribution in [0.15, 0.2) is 23.1 Å². The maximum atomic E-state index is 12.9. The molecule has 2 rings (SSSR count). The first-order valence-corrected chi connectivity index (χ1v) is 10.4. The summed E-state index contributed by atoms with van der Waals surface area (Å²) in [5.74, 6) is -0.800. The smallest absolute Gasteiger partial charge is 0.335 e. The SMILES string of the molecule is CC(C)CNc1ccc(C(=O)O)cc1S(=O)(=O)NC1CCCCCC1. The molecular formula is C18H28N2O4S. The topological polar surface area (TPSA) is 95.5 Å². The van der Waals surface area contributed by atoms with E-state index in [9.17, 15) is 18.3 Å². The molecule has 0 heterocycles. The van der Waals surface area contributed by atoms with Crippen LogP contribution in [-0.4, -0.2) is 32.1 Å². The molecule has 0 atom stereocenters. The van der Waals surface area contributed by atoms with Crippen LogP contribution < -0.4 is 10.0 Å². The lowest BCUT2D eigenvalue weighted by atomic mass is 10.1. The number of anilines is 1. The van der Waals surface area contributed by atoms with E-state index in [0.717, 1.165) is 38.5 Å². The van der Waals surface area contributed by atoms with E-state index in [1.807, 2.05) is 13.8 Å². The zero-order chi connectivity index (χ0) is 18.4. The Morgan fingerprint density at radius 2 is 1.84 bits per heavy atom. The van der Waals surface area contributed by atoms with Crippen LogP contribution in [0.3, 0.4) is 0 Å². The van der Waals surface area contributed by atoms with Crippen molar-refractivity contribution in [3.63, 3.8) is 0 Å². The monoisotopic (exact) mass is 368 g/mol. The molecular weight excluding hydrogens is 340 g/mol. The summed E-state index contributed by atoms with van der Waals surface area (Å²) in [6.45, 7) is 4.66. The summed E-state index contributed by atoms with van der Waals surface area (Å²) >= 11 is 0. The molecule has 0 amide bonds. The first-order valence-electron chi connectivity index (χ1n) is 8.93. The summed E-state index contributed by atoms with van der Waals surface area (Å²) in [4.78, 5) is 11.3. The van der Waals surface area contributed by atoms with E-state index < -0.39 is 16.0 Å². The Labute approximate surface area is 150 Å². The molecule has 1 aliphatic carbocycles. The summed E-state index contributed by atoms with van der Waals surface area (Å²) in [6.07, 6.45) is 5.95. The number of aromatic carboxylic acids is 1. The molecule has 25 heavy (non-hydrogen) atoms. The number of carbonyl (C=O) groups is 1. The highest BCUT2D eigenvalue weighted by Gasteiger charge is 2.25. The molecule has 1 aliphatic rings. The summed E-state index contributed by atoms with van der Waals surface area (Å²) in [5, 5.41) is 12.3. The van der Waals surface area contributed by atoms with Crippen LogP contribution in [0.5, 0.6) is 0 Å². The van der Waals surface area contributed by atoms with Gasteiger partial charge in [-0.25, -0.2) is 17.9 Å². The van der Waals surface area contributed by atoms with Crippen molar-refractivity contribution >= 4 is 21.7 Å². The third kappa shape index (κ3) is 5.71. The van der Waals surface area contributed by atoms with Crippen molar-refractivity contribution in [3.8, 4) is 0 Å². The molecule has 0 saturated heterocycles. The molecule has 0 bridgehead atoms. The molecule has 0 radical (unpaired) electrons. The summed E-state index contributed by atoms with van der Waals surface area (Å²) in [6, 6.07) is 4.12. The van der Waals surface area contributed by atoms with Crippen LogP contribution in [0.4, 0.5) is 5.69 Å². The molecule has 0 spiro atoms. The predicted octanol–water partition coefficient (Wildman–Crippen LogP) is 3.45. The highest BCUT2D eigenvalue weighted by Crippen LogP contribution is 2.25. The zero-order valence-corrected chi connectivity index (χ0v) is 15.7. The highest BCUT2D eigenvalue weighted by atomic mass is 32.2. The Bertz CT molecular complexity index is 693. The summed E-state index contributed by atoms with van der Waals surface area (Å²) in [7, 11) is -3.79. The maximum Gasteiger partial charge on any atom is 0.335 e. The van der Waals surface area contributed by atoms with Crippen molar-refractivity contribution in [2.45, 2.75) is 63.3 Å². The number of hydrogen-bond acceptors (Lipinski definition) is 4. The van der Waals surface area contributed by atoms with Gasteiger partial charge in [-0.05, 0) is 37.0 Å². The van der Waals surface area contributed by atoms with E-state index in [1.165, 1.54) is 18.2 Å². The minimum Gasteiger partial charge on any atom is -0.478 e. The molecule has 1 aromatic rings. The van der Waals surface area contributed by atoms with Gasteiger partial charge < -0.3 is 10.4 Å². The van der Waals surface area contributed by atoms with Gasteiger partial charge >= 0.3 is 5.97 Å². The lowest BCUT2D eigenvalue weighted by molar-refractivity contribution is 0.0696. The number of nitrogens with one attached hydrogen (secondary N) is 2. The first-order chi connectivity index (χ1) is 11.8. The van der Waals surface area contributed by atoms with E-state index in [0.29, 0.717) is 18.2 Å². The number of benzene rings is 1. The molecule has 7 heteroatoms. The molecule has 0 aromatic heterocycles. The number of carboxylic acid groups (broad SMARTS) is 1. The van der Waals surface area contributed by atoms with Crippen molar-refractivity contribution in [2.24, 2.45) is 5.92 Å². The Morgan fingerprint density at radius 3 is 2.40 bits per heavy atom. The van der Waals surface area contributed by atoms with Gasteiger partial charge in [-0.2, -0.15) is 0 Å². The maximum absolute atomic E-state index is 12.9. The van der Waals surface area contributed by atoms with Gasteiger partial charge in [0.25, 0.3) is 0 Å². The van der Waals surface area contributed by atoms with Crippen LogP contribution in [0, 0.1) is 5.92 Å². The van der Waals surface area contributed by atoms with Crippen molar-refractivity contribution in [1.82, 2.24) is 4.72 Å². The van der Waals surface area contributed by atoms with Crippen LogP contribution >= 0.6 is 0 Å². The van der Waals surface area contributed by atoms with Gasteiger partial charge in [-0.1, -0.05) is 39.5 Å². The number of rotatable bonds is 7. The van der Waals surface area contributed by atoms with Crippen LogP contribution in [-0.2, 0) is 10.0 Å². The van der Waals surface area contributed by atoms with Gasteiger partial charge in [0.15, 0.2) is 0 Å². The molecule has 0 unspecified atom stereocenters. The van der Waals surface area contributed by atoms with Crippen molar-refractivity contribution < 1.29 is 18.3 Å². The largest absolute Gasteiger partial charge is 0.478 e. The molecule has 1 aromatic carbocycles. The fourth-order valence-corrected chi connectivity index (χ4v) is 4.53. The number of carboxylic acids is 1. The van der Waals surface area contributed by atoms with Gasteiger partial charge in [0, 0.05) is 12.6 Å². The standard InChI is InChI=1S/C18H28N2O4S/c1-13(2)12-19-16-10-9-14(18(21)22)11-17(16)25(23,24)20-15-7-5-3-4-6-8-15/h9-11,13,15,19-20H,3-8,12H2,1-2H3,(H,21,22). The Kier molecular flexibility index (Phi) is 6.84. The van der Waals surface area contributed by atoms with Crippen LogP contribution in [0.25, 0.3) is 0 Å². The number of sulfonamides is 1.